The molecule has 0 radical (unpaired) electrons. The van der Waals surface area contributed by atoms with Gasteiger partial charge in [0.05, 0.1) is 12.8 Å². The number of carbonyl (C=O) groups is 2. The molecule has 1 aromatic rings. The maximum atomic E-state index is 12.2. The largest absolute Gasteiger partial charge is 0.495 e. The van der Waals surface area contributed by atoms with Crippen molar-refractivity contribution in [3.05, 3.63) is 24.3 Å². The van der Waals surface area contributed by atoms with Crippen LogP contribution in [0.15, 0.2) is 24.3 Å². The molecule has 2 N–H and O–H groups in total. The number of hydrogen-bond donors (Lipinski definition) is 2. The van der Waals surface area contributed by atoms with E-state index in [0.29, 0.717) is 23.7 Å². The molecule has 1 aliphatic heterocycles. The Kier molecular flexibility index (Phi) is 4.73. The molecule has 20 heavy (non-hydrogen) atoms. The van der Waals surface area contributed by atoms with Gasteiger partial charge in [0.1, 0.15) is 11.8 Å². The number of aliphatic carboxylic acids is 1. The quantitative estimate of drug-likeness (QED) is 0.888. The molecule has 2 rings (SSSR count). The van der Waals surface area contributed by atoms with Crippen LogP contribution >= 0.6 is 11.8 Å². The highest BCUT2D eigenvalue weighted by atomic mass is 32.2. The Hall–Kier alpha value is -1.89. The molecule has 1 fully saturated rings. The van der Waals surface area contributed by atoms with Crippen molar-refractivity contribution < 1.29 is 19.4 Å². The molecule has 108 valence electrons. The molecule has 0 saturated carbocycles. The molecule has 0 spiro atoms. The minimum absolute atomic E-state index is 0.411. The van der Waals surface area contributed by atoms with Gasteiger partial charge in [0.2, 0.25) is 0 Å². The van der Waals surface area contributed by atoms with Crippen molar-refractivity contribution in [1.82, 2.24) is 4.90 Å². The van der Waals surface area contributed by atoms with Gasteiger partial charge in [-0.3, -0.25) is 0 Å². The second-order valence-electron chi connectivity index (χ2n) is 4.25. The van der Waals surface area contributed by atoms with Gasteiger partial charge in [0, 0.05) is 18.1 Å². The molecule has 6 nitrogen and oxygen atoms in total. The molecule has 0 aliphatic carbocycles. The Labute approximate surface area is 121 Å². The van der Waals surface area contributed by atoms with Crippen LogP contribution in [0.5, 0.6) is 5.75 Å². The van der Waals surface area contributed by atoms with Gasteiger partial charge in [0.15, 0.2) is 0 Å². The molecule has 0 bridgehead atoms. The minimum Gasteiger partial charge on any atom is -0.495 e. The molecule has 1 aromatic carbocycles. The third kappa shape index (κ3) is 3.16. The fourth-order valence-electron chi connectivity index (χ4n) is 1.99. The standard InChI is InChI=1S/C13H16N2O4S/c1-19-11-5-3-2-4-9(11)14-13(18)15-6-7-20-8-10(15)12(16)17/h2-5,10H,6-8H2,1H3,(H,14,18)(H,16,17). The fourth-order valence-corrected chi connectivity index (χ4v) is 3.02. The number of nitrogens with one attached hydrogen (secondary N) is 1. The fraction of sp³-hybridized carbons (Fsp3) is 0.385. The van der Waals surface area contributed by atoms with Crippen LogP contribution in [0.3, 0.4) is 0 Å². The topological polar surface area (TPSA) is 78.9 Å². The predicted octanol–water partition coefficient (Wildman–Crippen LogP) is 1.73. The Balaban J connectivity index is 2.12. The molecule has 1 heterocycles. The van der Waals surface area contributed by atoms with Gasteiger partial charge < -0.3 is 20.1 Å². The molecule has 2 amide bonds. The van der Waals surface area contributed by atoms with Crippen molar-refractivity contribution >= 4 is 29.4 Å². The molecule has 1 unspecified atom stereocenters. The highest BCUT2D eigenvalue weighted by Gasteiger charge is 2.32. The Morgan fingerprint density at radius 3 is 2.90 bits per heavy atom. The molecule has 7 heteroatoms. The highest BCUT2D eigenvalue weighted by Crippen LogP contribution is 2.24. The van der Waals surface area contributed by atoms with Crippen molar-refractivity contribution in [2.24, 2.45) is 0 Å². The number of ether oxygens (including phenoxy) is 1. The molecule has 1 saturated heterocycles. The van der Waals surface area contributed by atoms with E-state index in [9.17, 15) is 9.59 Å². The van der Waals surface area contributed by atoms with Crippen molar-refractivity contribution in [3.8, 4) is 5.75 Å². The van der Waals surface area contributed by atoms with Crippen LogP contribution in [0.25, 0.3) is 0 Å². The van der Waals surface area contributed by atoms with Crippen LogP contribution in [-0.4, -0.2) is 53.2 Å². The highest BCUT2D eigenvalue weighted by molar-refractivity contribution is 7.99. The van der Waals surface area contributed by atoms with E-state index in [1.165, 1.54) is 23.8 Å². The zero-order valence-corrected chi connectivity index (χ0v) is 11.9. The van der Waals surface area contributed by atoms with Crippen molar-refractivity contribution in [1.29, 1.82) is 0 Å². The summed E-state index contributed by atoms with van der Waals surface area (Å²) in [5.41, 5.74) is 0.530. The van der Waals surface area contributed by atoms with Gasteiger partial charge >= 0.3 is 12.0 Å². The summed E-state index contributed by atoms with van der Waals surface area (Å²) in [6.07, 6.45) is 0. The number of nitrogens with zero attached hydrogens (tertiary/aromatic N) is 1. The summed E-state index contributed by atoms with van der Waals surface area (Å²) in [6, 6.07) is 5.82. The summed E-state index contributed by atoms with van der Waals surface area (Å²) in [5.74, 6) is 0.712. The van der Waals surface area contributed by atoms with Gasteiger partial charge in [-0.15, -0.1) is 0 Å². The minimum atomic E-state index is -0.979. The summed E-state index contributed by atoms with van der Waals surface area (Å²) in [5, 5.41) is 11.9. The smallest absolute Gasteiger partial charge is 0.327 e. The number of urea groups is 1. The van der Waals surface area contributed by atoms with Gasteiger partial charge in [0.25, 0.3) is 0 Å². The summed E-state index contributed by atoms with van der Waals surface area (Å²) < 4.78 is 5.15. The summed E-state index contributed by atoms with van der Waals surface area (Å²) in [6.45, 7) is 0.419. The monoisotopic (exact) mass is 296 g/mol. The average Bonchev–Trinajstić information content (AvgIpc) is 2.47. The Morgan fingerprint density at radius 1 is 1.45 bits per heavy atom. The molecule has 1 atom stereocenters. The van der Waals surface area contributed by atoms with Crippen molar-refractivity contribution in [2.45, 2.75) is 6.04 Å². The van der Waals surface area contributed by atoms with Crippen LogP contribution in [0, 0.1) is 0 Å². The van der Waals surface area contributed by atoms with Crippen LogP contribution in [0.2, 0.25) is 0 Å². The molecular formula is C13H16N2O4S. The Morgan fingerprint density at radius 2 is 2.20 bits per heavy atom. The number of anilines is 1. The predicted molar refractivity (Wildman–Crippen MR) is 77.5 cm³/mol. The van der Waals surface area contributed by atoms with E-state index in [4.69, 9.17) is 9.84 Å². The normalized spacial score (nSPS) is 18.4. The van der Waals surface area contributed by atoms with Crippen LogP contribution in [-0.2, 0) is 4.79 Å². The number of thioether (sulfide) groups is 1. The SMILES string of the molecule is COc1ccccc1NC(=O)N1CCSCC1C(=O)O. The van der Waals surface area contributed by atoms with E-state index >= 15 is 0 Å². The second kappa shape index (κ2) is 6.51. The van der Waals surface area contributed by atoms with Crippen molar-refractivity contribution in [3.63, 3.8) is 0 Å². The number of rotatable bonds is 3. The number of hydrogen-bond acceptors (Lipinski definition) is 4. The second-order valence-corrected chi connectivity index (χ2v) is 5.40. The third-order valence-corrected chi connectivity index (χ3v) is 4.05. The first-order chi connectivity index (χ1) is 9.63. The van der Waals surface area contributed by atoms with E-state index < -0.39 is 18.0 Å². The molecule has 0 aromatic heterocycles. The zero-order valence-electron chi connectivity index (χ0n) is 11.0. The van der Waals surface area contributed by atoms with E-state index in [1.54, 1.807) is 24.3 Å². The number of benzene rings is 1. The van der Waals surface area contributed by atoms with Crippen LogP contribution in [0.4, 0.5) is 10.5 Å². The summed E-state index contributed by atoms with van der Waals surface area (Å²) in [4.78, 5) is 24.8. The number of amides is 2. The maximum absolute atomic E-state index is 12.2. The van der Waals surface area contributed by atoms with E-state index in [1.807, 2.05) is 0 Å². The molecule has 1 aliphatic rings. The average molecular weight is 296 g/mol. The first-order valence-electron chi connectivity index (χ1n) is 6.14. The van der Waals surface area contributed by atoms with Crippen LogP contribution in [0.1, 0.15) is 0 Å². The Bertz CT molecular complexity index is 509. The van der Waals surface area contributed by atoms with Crippen molar-refractivity contribution in [2.75, 3.05) is 30.5 Å². The number of carbonyl (C=O) groups excluding carboxylic acids is 1. The van der Waals surface area contributed by atoms with Gasteiger partial charge in [-0.25, -0.2) is 9.59 Å². The van der Waals surface area contributed by atoms with Gasteiger partial charge in [-0.05, 0) is 12.1 Å². The van der Waals surface area contributed by atoms with Gasteiger partial charge in [-0.2, -0.15) is 11.8 Å². The van der Waals surface area contributed by atoms with Crippen LogP contribution < -0.4 is 10.1 Å². The number of carboxylic acid groups (broad SMARTS) is 1. The number of para-hydroxylation sites is 2. The third-order valence-electron chi connectivity index (χ3n) is 3.02. The lowest BCUT2D eigenvalue weighted by Gasteiger charge is -2.32. The van der Waals surface area contributed by atoms with Gasteiger partial charge in [-0.1, -0.05) is 12.1 Å². The number of methoxy groups -OCH3 is 1. The summed E-state index contributed by atoms with van der Waals surface area (Å²) in [7, 11) is 1.52. The lowest BCUT2D eigenvalue weighted by molar-refractivity contribution is -0.141. The first-order valence-corrected chi connectivity index (χ1v) is 7.30. The van der Waals surface area contributed by atoms with E-state index in [-0.39, 0.29) is 0 Å². The molecular weight excluding hydrogens is 280 g/mol. The first kappa shape index (κ1) is 14.5. The zero-order chi connectivity index (χ0) is 14.5. The number of carboxylic acids is 1. The lowest BCUT2D eigenvalue weighted by Crippen LogP contribution is -2.51. The lowest BCUT2D eigenvalue weighted by atomic mass is 10.2. The maximum Gasteiger partial charge on any atom is 0.327 e. The van der Waals surface area contributed by atoms with E-state index in [0.717, 1.165) is 5.75 Å². The summed E-state index contributed by atoms with van der Waals surface area (Å²) >= 11 is 1.54. The van der Waals surface area contributed by atoms with E-state index in [2.05, 4.69) is 5.32 Å².